The van der Waals surface area contributed by atoms with Crippen molar-refractivity contribution in [1.82, 2.24) is 5.32 Å². The Morgan fingerprint density at radius 2 is 1.89 bits per heavy atom. The molecular weight excluding hydrogens is 390 g/mol. The predicted octanol–water partition coefficient (Wildman–Crippen LogP) is 4.50. The molecule has 1 N–H and O–H groups in total. The van der Waals surface area contributed by atoms with Gasteiger partial charge in [0.15, 0.2) is 11.4 Å². The molecule has 1 spiro atoms. The van der Waals surface area contributed by atoms with E-state index in [0.29, 0.717) is 18.6 Å². The second-order valence-electron chi connectivity index (χ2n) is 7.55. The van der Waals surface area contributed by atoms with Crippen LogP contribution in [0.25, 0.3) is 0 Å². The molecule has 0 saturated carbocycles. The normalized spacial score (nSPS) is 25.1. The summed E-state index contributed by atoms with van der Waals surface area (Å²) in [5, 5.41) is 7.53. The third kappa shape index (κ3) is 2.60. The quantitative estimate of drug-likeness (QED) is 0.746. The summed E-state index contributed by atoms with van der Waals surface area (Å²) in [6.45, 7) is 4.22. The second-order valence-corrected chi connectivity index (χ2v) is 8.36. The van der Waals surface area contributed by atoms with Gasteiger partial charge in [-0.2, -0.15) is 0 Å². The van der Waals surface area contributed by atoms with E-state index in [4.69, 9.17) is 32.8 Å². The summed E-state index contributed by atoms with van der Waals surface area (Å²) in [7, 11) is 0. The van der Waals surface area contributed by atoms with Crippen molar-refractivity contribution in [1.29, 1.82) is 0 Å². The van der Waals surface area contributed by atoms with Gasteiger partial charge in [-0.1, -0.05) is 40.5 Å². The smallest absolute Gasteiger partial charge is 0.165 e. The van der Waals surface area contributed by atoms with Crippen LogP contribution in [0.4, 0.5) is 4.39 Å². The van der Waals surface area contributed by atoms with E-state index in [0.717, 1.165) is 24.4 Å². The van der Waals surface area contributed by atoms with Crippen LogP contribution in [0.3, 0.4) is 0 Å². The van der Waals surface area contributed by atoms with Crippen molar-refractivity contribution >= 4 is 28.9 Å². The van der Waals surface area contributed by atoms with Gasteiger partial charge >= 0.3 is 0 Å². The molecule has 3 aliphatic heterocycles. The third-order valence-corrected chi connectivity index (χ3v) is 6.26. The maximum absolute atomic E-state index is 13.7. The lowest BCUT2D eigenvalue weighted by Gasteiger charge is -2.39. The standard InChI is InChI=1S/C20H17Cl2FN2O2/c1-19(13-5-15(21)18(23)16(22)6-13)7-17(25-27-19)11-2-3-14-12(4-11)8-26-20(14)9-24-10-20/h2-6,24H,7-10H2,1H3/t19-/m0/s1. The molecule has 0 radical (unpaired) electrons. The topological polar surface area (TPSA) is 42.8 Å². The molecule has 1 fully saturated rings. The van der Waals surface area contributed by atoms with Crippen LogP contribution >= 0.6 is 23.2 Å². The molecule has 1 atom stereocenters. The average Bonchev–Trinajstić information content (AvgIpc) is 3.20. The fourth-order valence-corrected chi connectivity index (χ4v) is 4.47. The molecule has 7 heteroatoms. The van der Waals surface area contributed by atoms with Crippen LogP contribution in [0.1, 0.15) is 35.6 Å². The summed E-state index contributed by atoms with van der Waals surface area (Å²) in [4.78, 5) is 5.74. The van der Waals surface area contributed by atoms with Crippen LogP contribution in [0.15, 0.2) is 35.5 Å². The minimum Gasteiger partial charge on any atom is -0.384 e. The summed E-state index contributed by atoms with van der Waals surface area (Å²) in [5.74, 6) is -0.622. The number of fused-ring (bicyclic) bond motifs is 2. The van der Waals surface area contributed by atoms with Crippen molar-refractivity contribution in [2.24, 2.45) is 5.16 Å². The Labute approximate surface area is 166 Å². The number of ether oxygens (including phenoxy) is 1. The first-order valence-electron chi connectivity index (χ1n) is 8.79. The molecule has 0 amide bonds. The summed E-state index contributed by atoms with van der Waals surface area (Å²) in [6.07, 6.45) is 0.539. The van der Waals surface area contributed by atoms with Crippen molar-refractivity contribution in [3.05, 3.63) is 68.4 Å². The number of hydrogen-bond donors (Lipinski definition) is 1. The lowest BCUT2D eigenvalue weighted by Crippen LogP contribution is -2.56. The van der Waals surface area contributed by atoms with Crippen molar-refractivity contribution in [3.8, 4) is 0 Å². The van der Waals surface area contributed by atoms with Crippen LogP contribution in [0, 0.1) is 5.82 Å². The maximum Gasteiger partial charge on any atom is 0.165 e. The van der Waals surface area contributed by atoms with E-state index < -0.39 is 11.4 Å². The Hall–Kier alpha value is -1.66. The second kappa shape index (κ2) is 5.92. The highest BCUT2D eigenvalue weighted by Gasteiger charge is 2.45. The Bertz CT molecular complexity index is 967. The van der Waals surface area contributed by atoms with Crippen molar-refractivity contribution in [2.75, 3.05) is 13.1 Å². The Morgan fingerprint density at radius 3 is 2.56 bits per heavy atom. The van der Waals surface area contributed by atoms with Gasteiger partial charge in [0.1, 0.15) is 5.60 Å². The fourth-order valence-electron chi connectivity index (χ4n) is 3.99. The molecule has 0 unspecified atom stereocenters. The number of benzene rings is 2. The molecule has 1 saturated heterocycles. The van der Waals surface area contributed by atoms with Crippen molar-refractivity contribution < 1.29 is 14.0 Å². The molecule has 0 bridgehead atoms. The molecule has 27 heavy (non-hydrogen) atoms. The van der Waals surface area contributed by atoms with Crippen molar-refractivity contribution in [3.63, 3.8) is 0 Å². The zero-order valence-corrected chi connectivity index (χ0v) is 16.1. The molecule has 2 aromatic carbocycles. The molecule has 2 aromatic rings. The van der Waals surface area contributed by atoms with E-state index in [1.807, 2.05) is 6.92 Å². The molecule has 0 aromatic heterocycles. The summed E-state index contributed by atoms with van der Waals surface area (Å²) in [5.41, 5.74) is 4.08. The van der Waals surface area contributed by atoms with Crippen LogP contribution in [-0.4, -0.2) is 18.8 Å². The van der Waals surface area contributed by atoms with Gasteiger partial charge in [-0.15, -0.1) is 0 Å². The van der Waals surface area contributed by atoms with Crippen molar-refractivity contribution in [2.45, 2.75) is 31.2 Å². The zero-order valence-electron chi connectivity index (χ0n) is 14.6. The van der Waals surface area contributed by atoms with Gasteiger partial charge in [0.2, 0.25) is 0 Å². The number of hydrogen-bond acceptors (Lipinski definition) is 4. The van der Waals surface area contributed by atoms with Crippen LogP contribution in [0.5, 0.6) is 0 Å². The molecule has 3 heterocycles. The largest absolute Gasteiger partial charge is 0.384 e. The Kier molecular flexibility index (Phi) is 3.82. The minimum absolute atomic E-state index is 0.0233. The first kappa shape index (κ1) is 17.4. The highest BCUT2D eigenvalue weighted by Crippen LogP contribution is 2.42. The summed E-state index contributed by atoms with van der Waals surface area (Å²) in [6, 6.07) is 9.41. The lowest BCUT2D eigenvalue weighted by atomic mass is 9.85. The molecule has 3 aliphatic rings. The van der Waals surface area contributed by atoms with Gasteiger partial charge in [-0.3, -0.25) is 0 Å². The summed E-state index contributed by atoms with van der Waals surface area (Å²) < 4.78 is 19.8. The molecule has 140 valence electrons. The fraction of sp³-hybridized carbons (Fsp3) is 0.350. The minimum atomic E-state index is -0.745. The first-order chi connectivity index (χ1) is 12.9. The van der Waals surface area contributed by atoms with E-state index in [1.54, 1.807) is 12.1 Å². The SMILES string of the molecule is C[C@@]1(c2cc(Cl)c(F)c(Cl)c2)CC(c2ccc3c(c2)COC32CNC2)=NO1. The molecule has 5 rings (SSSR count). The number of nitrogens with zero attached hydrogens (tertiary/aromatic N) is 1. The Morgan fingerprint density at radius 1 is 1.15 bits per heavy atom. The van der Waals surface area contributed by atoms with Gasteiger partial charge in [-0.05, 0) is 41.8 Å². The van der Waals surface area contributed by atoms with Crippen LogP contribution in [0.2, 0.25) is 10.0 Å². The van der Waals surface area contributed by atoms with Crippen LogP contribution < -0.4 is 5.32 Å². The van der Waals surface area contributed by atoms with E-state index >= 15 is 0 Å². The van der Waals surface area contributed by atoms with E-state index in [1.165, 1.54) is 11.1 Å². The van der Waals surface area contributed by atoms with E-state index in [-0.39, 0.29) is 15.6 Å². The highest BCUT2D eigenvalue weighted by molar-refractivity contribution is 6.35. The number of rotatable bonds is 2. The van der Waals surface area contributed by atoms with Gasteiger partial charge in [-0.25, -0.2) is 4.39 Å². The summed E-state index contributed by atoms with van der Waals surface area (Å²) >= 11 is 11.9. The zero-order chi connectivity index (χ0) is 18.8. The van der Waals surface area contributed by atoms with E-state index in [2.05, 4.69) is 28.7 Å². The van der Waals surface area contributed by atoms with Gasteiger partial charge in [0.25, 0.3) is 0 Å². The number of oxime groups is 1. The molecule has 0 aliphatic carbocycles. The van der Waals surface area contributed by atoms with Gasteiger partial charge in [0, 0.05) is 25.1 Å². The number of nitrogens with one attached hydrogen (secondary N) is 1. The monoisotopic (exact) mass is 406 g/mol. The Balaban J connectivity index is 1.43. The first-order valence-corrected chi connectivity index (χ1v) is 9.54. The predicted molar refractivity (Wildman–Crippen MR) is 102 cm³/mol. The molecule has 4 nitrogen and oxygen atoms in total. The lowest BCUT2D eigenvalue weighted by molar-refractivity contribution is -0.0746. The number of halogens is 3. The third-order valence-electron chi connectivity index (χ3n) is 5.71. The maximum atomic E-state index is 13.7. The van der Waals surface area contributed by atoms with Crippen LogP contribution in [-0.2, 0) is 27.4 Å². The average molecular weight is 407 g/mol. The molecular formula is C20H17Cl2FN2O2. The van der Waals surface area contributed by atoms with E-state index in [9.17, 15) is 4.39 Å². The highest BCUT2D eigenvalue weighted by atomic mass is 35.5. The van der Waals surface area contributed by atoms with Gasteiger partial charge < -0.3 is 14.9 Å². The van der Waals surface area contributed by atoms with Gasteiger partial charge in [0.05, 0.1) is 22.4 Å².